The van der Waals surface area contributed by atoms with Crippen LogP contribution < -0.4 is 5.32 Å². The molecule has 0 heterocycles. The second kappa shape index (κ2) is 8.67. The molecular formula is C18H18INO3. The Morgan fingerprint density at radius 3 is 2.43 bits per heavy atom. The Morgan fingerprint density at radius 2 is 1.78 bits per heavy atom. The Bertz CT molecular complexity index is 673. The van der Waals surface area contributed by atoms with E-state index in [0.29, 0.717) is 6.42 Å². The van der Waals surface area contributed by atoms with Crippen molar-refractivity contribution in [3.05, 3.63) is 69.3 Å². The lowest BCUT2D eigenvalue weighted by Crippen LogP contribution is -2.43. The number of ether oxygens (including phenoxy) is 1. The van der Waals surface area contributed by atoms with Crippen molar-refractivity contribution >= 4 is 34.5 Å². The minimum atomic E-state index is -0.686. The van der Waals surface area contributed by atoms with Gasteiger partial charge in [0.2, 0.25) is 5.91 Å². The average Bonchev–Trinajstić information content (AvgIpc) is 2.54. The maximum Gasteiger partial charge on any atom is 0.328 e. The first-order valence-corrected chi connectivity index (χ1v) is 8.32. The van der Waals surface area contributed by atoms with E-state index < -0.39 is 12.0 Å². The summed E-state index contributed by atoms with van der Waals surface area (Å²) in [7, 11) is 1.33. The number of carbonyl (C=O) groups is 2. The highest BCUT2D eigenvalue weighted by molar-refractivity contribution is 14.1. The number of rotatable bonds is 6. The van der Waals surface area contributed by atoms with Crippen LogP contribution in [0.25, 0.3) is 0 Å². The number of amides is 1. The summed E-state index contributed by atoms with van der Waals surface area (Å²) in [4.78, 5) is 24.1. The Labute approximate surface area is 149 Å². The number of esters is 1. The summed E-state index contributed by atoms with van der Waals surface area (Å²) in [6.07, 6.45) is 0.644. The molecule has 5 heteroatoms. The van der Waals surface area contributed by atoms with Crippen LogP contribution in [-0.2, 0) is 27.2 Å². The van der Waals surface area contributed by atoms with Gasteiger partial charge < -0.3 is 10.1 Å². The quantitative estimate of drug-likeness (QED) is 0.575. The fraction of sp³-hybridized carbons (Fsp3) is 0.222. The number of nitrogens with one attached hydrogen (secondary N) is 1. The van der Waals surface area contributed by atoms with Crippen LogP contribution in [0.15, 0.2) is 54.6 Å². The molecule has 4 nitrogen and oxygen atoms in total. The van der Waals surface area contributed by atoms with Crippen molar-refractivity contribution in [3.8, 4) is 0 Å². The minimum Gasteiger partial charge on any atom is -0.467 e. The fourth-order valence-electron chi connectivity index (χ4n) is 2.26. The Morgan fingerprint density at radius 1 is 1.09 bits per heavy atom. The number of methoxy groups -OCH3 is 1. The molecule has 1 amide bonds. The molecule has 0 aliphatic rings. The van der Waals surface area contributed by atoms with Gasteiger partial charge in [0.25, 0.3) is 0 Å². The Kier molecular flexibility index (Phi) is 6.58. The molecule has 0 aromatic heterocycles. The highest BCUT2D eigenvalue weighted by Gasteiger charge is 2.22. The monoisotopic (exact) mass is 423 g/mol. The van der Waals surface area contributed by atoms with Gasteiger partial charge >= 0.3 is 5.97 Å². The van der Waals surface area contributed by atoms with Gasteiger partial charge in [0.15, 0.2) is 0 Å². The van der Waals surface area contributed by atoms with Gasteiger partial charge in [-0.15, -0.1) is 0 Å². The van der Waals surface area contributed by atoms with Gasteiger partial charge in [0, 0.05) is 9.99 Å². The van der Waals surface area contributed by atoms with Crippen LogP contribution >= 0.6 is 22.6 Å². The zero-order valence-electron chi connectivity index (χ0n) is 12.8. The van der Waals surface area contributed by atoms with Gasteiger partial charge in [0.05, 0.1) is 13.5 Å². The van der Waals surface area contributed by atoms with E-state index in [-0.39, 0.29) is 12.3 Å². The number of benzene rings is 2. The standard InChI is InChI=1S/C18H18INO3/c1-23-18(22)16(11-14-8-5-9-15(19)10-14)20-17(21)12-13-6-3-2-4-7-13/h2-10,16H,11-12H2,1H3,(H,20,21)/t16-/m1/s1. The minimum absolute atomic E-state index is 0.197. The van der Waals surface area contributed by atoms with Gasteiger partial charge in [0.1, 0.15) is 6.04 Å². The lowest BCUT2D eigenvalue weighted by atomic mass is 10.1. The van der Waals surface area contributed by atoms with Crippen molar-refractivity contribution in [2.45, 2.75) is 18.9 Å². The van der Waals surface area contributed by atoms with Crippen molar-refractivity contribution in [1.29, 1.82) is 0 Å². The predicted molar refractivity (Wildman–Crippen MR) is 97.0 cm³/mol. The van der Waals surface area contributed by atoms with Crippen molar-refractivity contribution in [1.82, 2.24) is 5.32 Å². The first-order chi connectivity index (χ1) is 11.1. The Hall–Kier alpha value is -1.89. The average molecular weight is 423 g/mol. The smallest absolute Gasteiger partial charge is 0.328 e. The molecule has 0 saturated carbocycles. The molecule has 0 saturated heterocycles. The molecule has 2 rings (SSSR count). The van der Waals surface area contributed by atoms with Crippen LogP contribution in [0.4, 0.5) is 0 Å². The van der Waals surface area contributed by atoms with E-state index >= 15 is 0 Å². The van der Waals surface area contributed by atoms with Crippen molar-refractivity contribution in [2.75, 3.05) is 7.11 Å². The molecule has 0 radical (unpaired) electrons. The predicted octanol–water partition coefficient (Wildman–Crippen LogP) is 2.73. The first-order valence-electron chi connectivity index (χ1n) is 7.24. The van der Waals surface area contributed by atoms with Crippen LogP contribution in [0.3, 0.4) is 0 Å². The fourth-order valence-corrected chi connectivity index (χ4v) is 2.87. The van der Waals surface area contributed by atoms with Crippen LogP contribution in [0, 0.1) is 3.57 Å². The van der Waals surface area contributed by atoms with Crippen LogP contribution in [0.2, 0.25) is 0 Å². The first kappa shape index (κ1) is 17.5. The third kappa shape index (κ3) is 5.67. The maximum absolute atomic E-state index is 12.2. The summed E-state index contributed by atoms with van der Waals surface area (Å²) in [6, 6.07) is 16.6. The summed E-state index contributed by atoms with van der Waals surface area (Å²) in [5.41, 5.74) is 1.88. The van der Waals surface area contributed by atoms with Crippen molar-refractivity contribution in [3.63, 3.8) is 0 Å². The number of halogens is 1. The topological polar surface area (TPSA) is 55.4 Å². The number of hydrogen-bond acceptors (Lipinski definition) is 3. The zero-order valence-corrected chi connectivity index (χ0v) is 14.9. The molecule has 120 valence electrons. The third-order valence-corrected chi connectivity index (χ3v) is 4.03. The van der Waals surface area contributed by atoms with Gasteiger partial charge in [-0.2, -0.15) is 0 Å². The van der Waals surface area contributed by atoms with E-state index in [0.717, 1.165) is 14.7 Å². The van der Waals surface area contributed by atoms with E-state index in [9.17, 15) is 9.59 Å². The molecule has 0 aliphatic carbocycles. The van der Waals surface area contributed by atoms with Crippen LogP contribution in [0.5, 0.6) is 0 Å². The van der Waals surface area contributed by atoms with E-state index in [2.05, 4.69) is 27.9 Å². The van der Waals surface area contributed by atoms with Crippen molar-refractivity contribution < 1.29 is 14.3 Å². The molecular weight excluding hydrogens is 405 g/mol. The molecule has 2 aromatic rings. The van der Waals surface area contributed by atoms with Gasteiger partial charge in [-0.1, -0.05) is 42.5 Å². The van der Waals surface area contributed by atoms with Gasteiger partial charge in [-0.05, 0) is 45.9 Å². The largest absolute Gasteiger partial charge is 0.467 e. The normalized spacial score (nSPS) is 11.6. The summed E-state index contributed by atoms with van der Waals surface area (Å²) >= 11 is 2.22. The molecule has 0 spiro atoms. The number of hydrogen-bond donors (Lipinski definition) is 1. The molecule has 1 N–H and O–H groups in total. The third-order valence-electron chi connectivity index (χ3n) is 3.36. The molecule has 0 unspecified atom stereocenters. The second-order valence-corrected chi connectivity index (χ2v) is 6.39. The second-order valence-electron chi connectivity index (χ2n) is 5.14. The summed E-state index contributed by atoms with van der Waals surface area (Å²) in [5.74, 6) is -0.637. The summed E-state index contributed by atoms with van der Waals surface area (Å²) < 4.78 is 5.89. The zero-order chi connectivity index (χ0) is 16.7. The van der Waals surface area contributed by atoms with E-state index in [1.807, 2.05) is 54.6 Å². The van der Waals surface area contributed by atoms with E-state index in [1.54, 1.807) is 0 Å². The van der Waals surface area contributed by atoms with Crippen LogP contribution in [-0.4, -0.2) is 25.0 Å². The lowest BCUT2D eigenvalue weighted by molar-refractivity contribution is -0.145. The maximum atomic E-state index is 12.2. The van der Waals surface area contributed by atoms with E-state index in [1.165, 1.54) is 7.11 Å². The molecule has 0 aliphatic heterocycles. The lowest BCUT2D eigenvalue weighted by Gasteiger charge is -2.17. The van der Waals surface area contributed by atoms with Crippen molar-refractivity contribution in [2.24, 2.45) is 0 Å². The molecule has 0 bridgehead atoms. The van der Waals surface area contributed by atoms with Gasteiger partial charge in [-0.25, -0.2) is 4.79 Å². The molecule has 0 fully saturated rings. The van der Waals surface area contributed by atoms with Crippen LogP contribution in [0.1, 0.15) is 11.1 Å². The molecule has 2 aromatic carbocycles. The highest BCUT2D eigenvalue weighted by Crippen LogP contribution is 2.11. The summed E-state index contributed by atoms with van der Waals surface area (Å²) in [6.45, 7) is 0. The SMILES string of the molecule is COC(=O)[C@@H](Cc1cccc(I)c1)NC(=O)Cc1ccccc1. The Balaban J connectivity index is 2.03. The molecule has 1 atom stereocenters. The highest BCUT2D eigenvalue weighted by atomic mass is 127. The molecule has 23 heavy (non-hydrogen) atoms. The van der Waals surface area contributed by atoms with E-state index in [4.69, 9.17) is 4.74 Å². The number of carbonyl (C=O) groups excluding carboxylic acids is 2. The summed E-state index contributed by atoms with van der Waals surface area (Å²) in [5, 5.41) is 2.77. The van der Waals surface area contributed by atoms with Gasteiger partial charge in [-0.3, -0.25) is 4.79 Å².